The second kappa shape index (κ2) is 6.55. The van der Waals surface area contributed by atoms with Crippen molar-refractivity contribution in [3.8, 4) is 0 Å². The number of rotatable bonds is 6. The first-order chi connectivity index (χ1) is 8.45. The summed E-state index contributed by atoms with van der Waals surface area (Å²) in [5.41, 5.74) is 5.74. The molecule has 0 bridgehead atoms. The minimum absolute atomic E-state index is 0.150. The maximum atomic E-state index is 11.9. The van der Waals surface area contributed by atoms with Crippen LogP contribution in [0.1, 0.15) is 16.6 Å². The van der Waals surface area contributed by atoms with Crippen LogP contribution in [0.25, 0.3) is 0 Å². The SMILES string of the molecule is CCN(C)CCNC(=O)c1sc(N(C)C)nc1N. The van der Waals surface area contributed by atoms with Crippen molar-refractivity contribution in [1.29, 1.82) is 0 Å². The maximum Gasteiger partial charge on any atom is 0.265 e. The second-order valence-corrected chi connectivity index (χ2v) is 5.23. The van der Waals surface area contributed by atoms with Gasteiger partial charge in [-0.15, -0.1) is 0 Å². The quantitative estimate of drug-likeness (QED) is 0.787. The highest BCUT2D eigenvalue weighted by molar-refractivity contribution is 7.18. The number of nitrogens with two attached hydrogens (primary N) is 1. The molecule has 0 spiro atoms. The molecule has 0 aliphatic heterocycles. The smallest absolute Gasteiger partial charge is 0.265 e. The molecular weight excluding hydrogens is 250 g/mol. The average Bonchev–Trinajstić information content (AvgIpc) is 2.71. The van der Waals surface area contributed by atoms with Crippen molar-refractivity contribution in [1.82, 2.24) is 15.2 Å². The molecule has 1 aromatic heterocycles. The van der Waals surface area contributed by atoms with Crippen LogP contribution in [0.4, 0.5) is 10.9 Å². The molecule has 1 rings (SSSR count). The third-order valence-corrected chi connectivity index (χ3v) is 3.79. The first kappa shape index (κ1) is 14.7. The third kappa shape index (κ3) is 3.85. The zero-order valence-corrected chi connectivity index (χ0v) is 12.2. The lowest BCUT2D eigenvalue weighted by Gasteiger charge is -2.13. The van der Waals surface area contributed by atoms with Crippen LogP contribution >= 0.6 is 11.3 Å². The molecule has 0 saturated carbocycles. The number of hydrogen-bond acceptors (Lipinski definition) is 6. The standard InChI is InChI=1S/C11H21N5OS/c1-5-16(4)7-6-13-10(17)8-9(12)14-11(18-8)15(2)3/h5-7,12H2,1-4H3,(H,13,17). The molecular formula is C11H21N5OS. The van der Waals surface area contributed by atoms with E-state index in [1.165, 1.54) is 11.3 Å². The first-order valence-electron chi connectivity index (χ1n) is 5.86. The van der Waals surface area contributed by atoms with Gasteiger partial charge in [0.25, 0.3) is 5.91 Å². The Labute approximate surface area is 112 Å². The monoisotopic (exact) mass is 271 g/mol. The molecule has 3 N–H and O–H groups in total. The van der Waals surface area contributed by atoms with Gasteiger partial charge in [-0.05, 0) is 13.6 Å². The largest absolute Gasteiger partial charge is 0.382 e. The number of carbonyl (C=O) groups is 1. The van der Waals surface area contributed by atoms with Gasteiger partial charge in [0, 0.05) is 27.2 Å². The summed E-state index contributed by atoms with van der Waals surface area (Å²) in [7, 11) is 5.75. The zero-order chi connectivity index (χ0) is 13.7. The molecule has 1 aromatic rings. The van der Waals surface area contributed by atoms with Gasteiger partial charge in [-0.2, -0.15) is 0 Å². The van der Waals surface area contributed by atoms with Crippen molar-refractivity contribution in [2.24, 2.45) is 0 Å². The van der Waals surface area contributed by atoms with E-state index in [4.69, 9.17) is 5.73 Å². The van der Waals surface area contributed by atoms with E-state index in [2.05, 4.69) is 22.1 Å². The van der Waals surface area contributed by atoms with Gasteiger partial charge in [0.15, 0.2) is 5.13 Å². The van der Waals surface area contributed by atoms with Crippen molar-refractivity contribution in [3.63, 3.8) is 0 Å². The molecule has 0 atom stereocenters. The second-order valence-electron chi connectivity index (χ2n) is 4.26. The fourth-order valence-corrected chi connectivity index (χ4v) is 2.10. The Morgan fingerprint density at radius 2 is 2.11 bits per heavy atom. The molecule has 0 unspecified atom stereocenters. The summed E-state index contributed by atoms with van der Waals surface area (Å²) in [6.45, 7) is 4.47. The highest BCUT2D eigenvalue weighted by Crippen LogP contribution is 2.26. The van der Waals surface area contributed by atoms with Gasteiger partial charge in [-0.25, -0.2) is 4.98 Å². The molecule has 102 valence electrons. The molecule has 18 heavy (non-hydrogen) atoms. The van der Waals surface area contributed by atoms with Gasteiger partial charge >= 0.3 is 0 Å². The molecule has 0 saturated heterocycles. The zero-order valence-electron chi connectivity index (χ0n) is 11.4. The Morgan fingerprint density at radius 1 is 1.44 bits per heavy atom. The summed E-state index contributed by atoms with van der Waals surface area (Å²) in [6, 6.07) is 0. The van der Waals surface area contributed by atoms with Crippen molar-refractivity contribution in [2.45, 2.75) is 6.92 Å². The number of hydrogen-bond donors (Lipinski definition) is 2. The Kier molecular flexibility index (Phi) is 5.36. The predicted octanol–water partition coefficient (Wildman–Crippen LogP) is 0.473. The van der Waals surface area contributed by atoms with Gasteiger partial charge in [0.05, 0.1) is 0 Å². The number of anilines is 2. The normalized spacial score (nSPS) is 10.7. The van der Waals surface area contributed by atoms with E-state index in [1.807, 2.05) is 26.0 Å². The maximum absolute atomic E-state index is 11.9. The van der Waals surface area contributed by atoms with Crippen LogP contribution in [0.2, 0.25) is 0 Å². The molecule has 0 aliphatic carbocycles. The third-order valence-electron chi connectivity index (χ3n) is 2.55. The molecule has 0 aliphatic rings. The van der Waals surface area contributed by atoms with Crippen LogP contribution < -0.4 is 16.0 Å². The number of amides is 1. The topological polar surface area (TPSA) is 74.5 Å². The average molecular weight is 271 g/mol. The summed E-state index contributed by atoms with van der Waals surface area (Å²) < 4.78 is 0. The number of likely N-dealkylation sites (N-methyl/N-ethyl adjacent to an activating group) is 1. The number of aromatic nitrogens is 1. The number of nitrogen functional groups attached to an aromatic ring is 1. The Morgan fingerprint density at radius 3 is 2.61 bits per heavy atom. The Bertz CT molecular complexity index is 404. The molecule has 6 nitrogen and oxygen atoms in total. The van der Waals surface area contributed by atoms with E-state index in [1.54, 1.807) is 0 Å². The van der Waals surface area contributed by atoms with E-state index in [0.29, 0.717) is 17.2 Å². The van der Waals surface area contributed by atoms with Crippen molar-refractivity contribution >= 4 is 28.2 Å². The van der Waals surface area contributed by atoms with E-state index in [9.17, 15) is 4.79 Å². The fraction of sp³-hybridized carbons (Fsp3) is 0.636. The minimum Gasteiger partial charge on any atom is -0.382 e. The summed E-state index contributed by atoms with van der Waals surface area (Å²) in [5.74, 6) is 0.146. The summed E-state index contributed by atoms with van der Waals surface area (Å²) in [6.07, 6.45) is 0. The van der Waals surface area contributed by atoms with Crippen molar-refractivity contribution in [3.05, 3.63) is 4.88 Å². The molecule has 7 heteroatoms. The molecule has 1 heterocycles. The van der Waals surface area contributed by atoms with Crippen LogP contribution in [0, 0.1) is 0 Å². The number of nitrogens with zero attached hydrogens (tertiary/aromatic N) is 3. The molecule has 1 amide bonds. The van der Waals surface area contributed by atoms with Gasteiger partial charge < -0.3 is 20.9 Å². The van der Waals surface area contributed by atoms with Gasteiger partial charge in [-0.3, -0.25) is 4.79 Å². The highest BCUT2D eigenvalue weighted by atomic mass is 32.1. The lowest BCUT2D eigenvalue weighted by molar-refractivity contribution is 0.0955. The fourth-order valence-electron chi connectivity index (χ4n) is 1.27. The lowest BCUT2D eigenvalue weighted by Crippen LogP contribution is -2.32. The molecule has 0 aromatic carbocycles. The van der Waals surface area contributed by atoms with Crippen LogP contribution in [-0.2, 0) is 0 Å². The van der Waals surface area contributed by atoms with Crippen LogP contribution in [0.5, 0.6) is 0 Å². The van der Waals surface area contributed by atoms with E-state index in [-0.39, 0.29) is 5.91 Å². The summed E-state index contributed by atoms with van der Waals surface area (Å²) in [5, 5.41) is 3.59. The van der Waals surface area contributed by atoms with Crippen LogP contribution in [0.15, 0.2) is 0 Å². The Hall–Kier alpha value is -1.34. The van der Waals surface area contributed by atoms with Crippen molar-refractivity contribution < 1.29 is 4.79 Å². The highest BCUT2D eigenvalue weighted by Gasteiger charge is 2.16. The summed E-state index contributed by atoms with van der Waals surface area (Å²) in [4.78, 5) is 20.5. The molecule has 0 fully saturated rings. The first-order valence-corrected chi connectivity index (χ1v) is 6.67. The van der Waals surface area contributed by atoms with Crippen molar-refractivity contribution in [2.75, 3.05) is 51.4 Å². The van der Waals surface area contributed by atoms with Crippen LogP contribution in [0.3, 0.4) is 0 Å². The van der Waals surface area contributed by atoms with Crippen LogP contribution in [-0.4, -0.2) is 56.6 Å². The number of carbonyl (C=O) groups excluding carboxylic acids is 1. The molecule has 0 radical (unpaired) electrons. The van der Waals surface area contributed by atoms with Gasteiger partial charge in [-0.1, -0.05) is 18.3 Å². The Balaban J connectivity index is 2.56. The number of nitrogens with one attached hydrogen (secondary N) is 1. The predicted molar refractivity (Wildman–Crippen MR) is 76.4 cm³/mol. The van der Waals surface area contributed by atoms with E-state index in [0.717, 1.165) is 18.2 Å². The van der Waals surface area contributed by atoms with Gasteiger partial charge in [0.2, 0.25) is 0 Å². The minimum atomic E-state index is -0.150. The van der Waals surface area contributed by atoms with E-state index < -0.39 is 0 Å². The lowest BCUT2D eigenvalue weighted by atomic mass is 10.4. The van der Waals surface area contributed by atoms with E-state index >= 15 is 0 Å². The summed E-state index contributed by atoms with van der Waals surface area (Å²) >= 11 is 1.30. The van der Waals surface area contributed by atoms with Gasteiger partial charge in [0.1, 0.15) is 10.7 Å². The number of thiazole rings is 1.